The molecule has 1 amide bonds. The lowest BCUT2D eigenvalue weighted by Crippen LogP contribution is -2.42. The van der Waals surface area contributed by atoms with Crippen LogP contribution in [-0.2, 0) is 9.53 Å². The number of hydrogen-bond donors (Lipinski definition) is 1. The molecule has 1 saturated heterocycles. The van der Waals surface area contributed by atoms with Gasteiger partial charge in [-0.2, -0.15) is 0 Å². The number of nitrogens with one attached hydrogen (secondary N) is 1. The summed E-state index contributed by atoms with van der Waals surface area (Å²) >= 11 is 0. The minimum absolute atomic E-state index is 0.185. The predicted molar refractivity (Wildman–Crippen MR) is 113 cm³/mol. The molecule has 2 aliphatic rings. The third kappa shape index (κ3) is 3.37. The first-order valence-electron chi connectivity index (χ1n) is 11.2. The summed E-state index contributed by atoms with van der Waals surface area (Å²) in [6.45, 7) is 6.43. The van der Waals surface area contributed by atoms with Crippen LogP contribution in [0.2, 0.25) is 0 Å². The minimum atomic E-state index is 0.185. The molecule has 3 unspecified atom stereocenters. The molecule has 0 bridgehead atoms. The number of carbonyl (C=O) groups is 1. The standard InChI is InChI=1S/C22H30N6O2/c1-3-16-10-17(27(14(2)29)13-15-5-8-30-9-6-15)11-18(16)22-26-25-20-12-24-21-19(28(20)22)4-7-23-21/h4,7,12,15-18,23H,3,5-6,8-11,13H2,1-2H3. The Balaban J connectivity index is 1.44. The van der Waals surface area contributed by atoms with Gasteiger partial charge in [-0.1, -0.05) is 13.3 Å². The number of carbonyl (C=O) groups excluding carboxylic acids is 1. The van der Waals surface area contributed by atoms with E-state index in [0.717, 1.165) is 74.5 Å². The van der Waals surface area contributed by atoms with Crippen molar-refractivity contribution in [2.24, 2.45) is 11.8 Å². The molecule has 1 aliphatic heterocycles. The Labute approximate surface area is 176 Å². The SMILES string of the molecule is CCC1CC(N(CC2CCOCC2)C(C)=O)CC1c1nnc2cnc3[nH]ccc3n12. The lowest BCUT2D eigenvalue weighted by molar-refractivity contribution is -0.132. The molecule has 5 rings (SSSR count). The summed E-state index contributed by atoms with van der Waals surface area (Å²) in [7, 11) is 0. The van der Waals surface area contributed by atoms with Crippen LogP contribution < -0.4 is 0 Å². The van der Waals surface area contributed by atoms with Crippen molar-refractivity contribution in [3.05, 3.63) is 24.3 Å². The fraction of sp³-hybridized carbons (Fsp3) is 0.636. The molecule has 2 fully saturated rings. The Hall–Kier alpha value is -2.48. The number of aromatic nitrogens is 5. The van der Waals surface area contributed by atoms with Crippen molar-refractivity contribution in [1.29, 1.82) is 0 Å². The van der Waals surface area contributed by atoms with Crippen LogP contribution in [0.5, 0.6) is 0 Å². The number of hydrogen-bond acceptors (Lipinski definition) is 5. The highest BCUT2D eigenvalue weighted by atomic mass is 16.5. The summed E-state index contributed by atoms with van der Waals surface area (Å²) in [4.78, 5) is 22.3. The highest BCUT2D eigenvalue weighted by molar-refractivity contribution is 5.74. The van der Waals surface area contributed by atoms with Gasteiger partial charge >= 0.3 is 0 Å². The van der Waals surface area contributed by atoms with E-state index in [4.69, 9.17) is 4.74 Å². The van der Waals surface area contributed by atoms with E-state index in [1.54, 1.807) is 13.1 Å². The van der Waals surface area contributed by atoms with Crippen molar-refractivity contribution in [2.75, 3.05) is 19.8 Å². The predicted octanol–water partition coefficient (Wildman–Crippen LogP) is 3.15. The van der Waals surface area contributed by atoms with Gasteiger partial charge in [-0.25, -0.2) is 4.98 Å². The maximum Gasteiger partial charge on any atom is 0.219 e. The van der Waals surface area contributed by atoms with Gasteiger partial charge in [0.1, 0.15) is 5.82 Å². The molecule has 1 aliphatic carbocycles. The number of ether oxygens (including phenoxy) is 1. The van der Waals surface area contributed by atoms with E-state index in [-0.39, 0.29) is 17.9 Å². The van der Waals surface area contributed by atoms with E-state index in [1.807, 2.05) is 12.3 Å². The highest BCUT2D eigenvalue weighted by Crippen LogP contribution is 2.43. The fourth-order valence-corrected chi connectivity index (χ4v) is 5.50. The molecular formula is C22H30N6O2. The van der Waals surface area contributed by atoms with Gasteiger partial charge in [0, 0.05) is 44.8 Å². The summed E-state index contributed by atoms with van der Waals surface area (Å²) in [5, 5.41) is 9.00. The zero-order valence-electron chi connectivity index (χ0n) is 17.8. The molecule has 8 nitrogen and oxygen atoms in total. The van der Waals surface area contributed by atoms with Gasteiger partial charge in [-0.15, -0.1) is 10.2 Å². The van der Waals surface area contributed by atoms with Gasteiger partial charge in [0.05, 0.1) is 11.7 Å². The molecule has 8 heteroatoms. The van der Waals surface area contributed by atoms with Crippen molar-refractivity contribution in [2.45, 2.75) is 57.9 Å². The van der Waals surface area contributed by atoms with Crippen LogP contribution in [0.1, 0.15) is 57.7 Å². The van der Waals surface area contributed by atoms with Gasteiger partial charge in [0.15, 0.2) is 11.3 Å². The number of rotatable bonds is 5. The molecule has 30 heavy (non-hydrogen) atoms. The second-order valence-electron chi connectivity index (χ2n) is 8.85. The average molecular weight is 411 g/mol. The Kier molecular flexibility index (Phi) is 5.18. The first-order valence-corrected chi connectivity index (χ1v) is 11.2. The van der Waals surface area contributed by atoms with Crippen molar-refractivity contribution in [1.82, 2.24) is 29.5 Å². The van der Waals surface area contributed by atoms with Gasteiger partial charge in [0.2, 0.25) is 5.91 Å². The second kappa shape index (κ2) is 7.98. The lowest BCUT2D eigenvalue weighted by Gasteiger charge is -2.33. The quantitative estimate of drug-likeness (QED) is 0.698. The third-order valence-electron chi connectivity index (χ3n) is 7.13. The smallest absolute Gasteiger partial charge is 0.219 e. The van der Waals surface area contributed by atoms with Crippen LogP contribution in [0.4, 0.5) is 0 Å². The summed E-state index contributed by atoms with van der Waals surface area (Å²) in [6, 6.07) is 2.29. The average Bonchev–Trinajstić information content (AvgIpc) is 3.48. The topological polar surface area (TPSA) is 88.4 Å². The molecule has 0 spiro atoms. The number of amides is 1. The molecule has 1 saturated carbocycles. The monoisotopic (exact) mass is 410 g/mol. The van der Waals surface area contributed by atoms with Crippen LogP contribution in [-0.4, -0.2) is 61.2 Å². The van der Waals surface area contributed by atoms with E-state index < -0.39 is 0 Å². The van der Waals surface area contributed by atoms with Crippen molar-refractivity contribution < 1.29 is 9.53 Å². The number of H-pyrrole nitrogens is 1. The van der Waals surface area contributed by atoms with Gasteiger partial charge in [-0.05, 0) is 43.6 Å². The zero-order valence-corrected chi connectivity index (χ0v) is 17.8. The molecule has 4 heterocycles. The molecule has 160 valence electrons. The maximum atomic E-state index is 12.6. The molecular weight excluding hydrogens is 380 g/mol. The molecule has 3 aromatic rings. The first kappa shape index (κ1) is 19.5. The maximum absolute atomic E-state index is 12.6. The van der Waals surface area contributed by atoms with Crippen LogP contribution in [0.3, 0.4) is 0 Å². The van der Waals surface area contributed by atoms with Gasteiger partial charge in [-0.3, -0.25) is 9.20 Å². The van der Waals surface area contributed by atoms with Crippen LogP contribution in [0, 0.1) is 11.8 Å². The Morgan fingerprint density at radius 1 is 1.30 bits per heavy atom. The molecule has 0 radical (unpaired) electrons. The first-order chi connectivity index (χ1) is 14.7. The lowest BCUT2D eigenvalue weighted by atomic mass is 9.93. The van der Waals surface area contributed by atoms with E-state index in [1.165, 1.54) is 0 Å². The number of aromatic amines is 1. The molecule has 1 N–H and O–H groups in total. The zero-order chi connectivity index (χ0) is 20.7. The summed E-state index contributed by atoms with van der Waals surface area (Å²) in [5.41, 5.74) is 2.63. The molecule has 3 atom stereocenters. The van der Waals surface area contributed by atoms with Gasteiger partial charge in [0.25, 0.3) is 0 Å². The van der Waals surface area contributed by atoms with Crippen molar-refractivity contribution >= 4 is 22.7 Å². The van der Waals surface area contributed by atoms with E-state index in [2.05, 4.69) is 36.4 Å². The van der Waals surface area contributed by atoms with Crippen LogP contribution >= 0.6 is 0 Å². The highest BCUT2D eigenvalue weighted by Gasteiger charge is 2.41. The third-order valence-corrected chi connectivity index (χ3v) is 7.13. The van der Waals surface area contributed by atoms with E-state index >= 15 is 0 Å². The molecule has 3 aromatic heterocycles. The summed E-state index contributed by atoms with van der Waals surface area (Å²) < 4.78 is 7.65. The van der Waals surface area contributed by atoms with Crippen molar-refractivity contribution in [3.8, 4) is 0 Å². The fourth-order valence-electron chi connectivity index (χ4n) is 5.50. The summed E-state index contributed by atoms with van der Waals surface area (Å²) in [6.07, 6.45) is 8.81. The normalized spacial score (nSPS) is 25.3. The number of fused-ring (bicyclic) bond motifs is 3. The Morgan fingerprint density at radius 2 is 2.13 bits per heavy atom. The summed E-state index contributed by atoms with van der Waals surface area (Å²) in [5.74, 6) is 2.50. The van der Waals surface area contributed by atoms with E-state index in [9.17, 15) is 4.79 Å². The largest absolute Gasteiger partial charge is 0.381 e. The minimum Gasteiger partial charge on any atom is -0.381 e. The van der Waals surface area contributed by atoms with Crippen molar-refractivity contribution in [3.63, 3.8) is 0 Å². The second-order valence-corrected chi connectivity index (χ2v) is 8.85. The Bertz CT molecular complexity index is 1040. The van der Waals surface area contributed by atoms with E-state index in [0.29, 0.717) is 11.8 Å². The van der Waals surface area contributed by atoms with Crippen LogP contribution in [0.15, 0.2) is 18.5 Å². The van der Waals surface area contributed by atoms with Crippen LogP contribution in [0.25, 0.3) is 16.8 Å². The number of nitrogens with zero attached hydrogens (tertiary/aromatic N) is 5. The molecule has 0 aromatic carbocycles. The Morgan fingerprint density at radius 3 is 2.90 bits per heavy atom. The van der Waals surface area contributed by atoms with Gasteiger partial charge < -0.3 is 14.6 Å².